The van der Waals surface area contributed by atoms with Crippen LogP contribution < -0.4 is 0 Å². The molecule has 2 aliphatic rings. The summed E-state index contributed by atoms with van der Waals surface area (Å²) in [6.07, 6.45) is 5.14. The van der Waals surface area contributed by atoms with Crippen molar-refractivity contribution in [2.24, 2.45) is 16.8 Å². The van der Waals surface area contributed by atoms with Gasteiger partial charge in [-0.1, -0.05) is 36.8 Å². The highest BCUT2D eigenvalue weighted by Gasteiger charge is 2.47. The molecule has 0 saturated heterocycles. The molecule has 0 saturated carbocycles. The molecule has 3 rings (SSSR count). The zero-order chi connectivity index (χ0) is 17.7. The molecular formula is C19H26N2O2S. The van der Waals surface area contributed by atoms with Crippen LogP contribution in [0.5, 0.6) is 0 Å². The number of aliphatic imine (C=N–C) groups is 1. The number of aryl methyl sites for hydroxylation is 1. The summed E-state index contributed by atoms with van der Waals surface area (Å²) in [5, 5.41) is 0. The molecule has 5 heteroatoms. The minimum atomic E-state index is -3.61. The molecule has 0 amide bonds. The minimum absolute atomic E-state index is 0.167. The van der Waals surface area contributed by atoms with E-state index in [1.54, 1.807) is 19.1 Å². The summed E-state index contributed by atoms with van der Waals surface area (Å²) < 4.78 is 28.1. The molecule has 0 aromatic heterocycles. The van der Waals surface area contributed by atoms with Gasteiger partial charge in [-0.15, -0.1) is 0 Å². The van der Waals surface area contributed by atoms with Crippen molar-refractivity contribution in [1.82, 2.24) is 4.31 Å². The van der Waals surface area contributed by atoms with Gasteiger partial charge in [-0.2, -0.15) is 0 Å². The van der Waals surface area contributed by atoms with Gasteiger partial charge in [0.1, 0.15) is 5.84 Å². The first-order valence-corrected chi connectivity index (χ1v) is 9.93. The van der Waals surface area contributed by atoms with Crippen molar-refractivity contribution in [2.45, 2.75) is 57.5 Å². The molecule has 1 aliphatic heterocycles. The molecule has 1 aliphatic carbocycles. The third-order valence-electron chi connectivity index (χ3n) is 5.20. The number of allylic oxidation sites excluding steroid dienone is 1. The lowest BCUT2D eigenvalue weighted by atomic mass is 9.72. The molecular weight excluding hydrogens is 320 g/mol. The van der Waals surface area contributed by atoms with E-state index in [1.165, 1.54) is 4.31 Å². The molecule has 24 heavy (non-hydrogen) atoms. The maximum atomic E-state index is 13.3. The summed E-state index contributed by atoms with van der Waals surface area (Å²) >= 11 is 0. The number of hydrogen-bond donors (Lipinski definition) is 0. The molecule has 1 aromatic carbocycles. The number of sulfonamides is 1. The van der Waals surface area contributed by atoms with Crippen LogP contribution in [-0.2, 0) is 10.0 Å². The zero-order valence-corrected chi connectivity index (χ0v) is 15.8. The van der Waals surface area contributed by atoms with E-state index in [0.717, 1.165) is 12.0 Å². The summed E-state index contributed by atoms with van der Waals surface area (Å²) in [4.78, 5) is 5.08. The molecule has 0 bridgehead atoms. The van der Waals surface area contributed by atoms with Crippen LogP contribution in [0.4, 0.5) is 0 Å². The third kappa shape index (κ3) is 2.79. The Morgan fingerprint density at radius 3 is 2.38 bits per heavy atom. The Labute approximate surface area is 145 Å². The Kier molecular flexibility index (Phi) is 4.11. The van der Waals surface area contributed by atoms with E-state index >= 15 is 0 Å². The third-order valence-corrected chi connectivity index (χ3v) is 7.09. The highest BCUT2D eigenvalue weighted by atomic mass is 32.2. The fourth-order valence-corrected chi connectivity index (χ4v) is 5.56. The average Bonchev–Trinajstić information content (AvgIpc) is 2.47. The van der Waals surface area contributed by atoms with Gasteiger partial charge in [0.05, 0.1) is 16.5 Å². The SMILES string of the molecule is CC1=NC(C)(C)[C@@H]2C[C@H](C)C=C[C@@H]2N1S(=O)(=O)c1ccc(C)cc1. The molecule has 3 atom stereocenters. The van der Waals surface area contributed by atoms with Crippen LogP contribution in [0.15, 0.2) is 46.3 Å². The van der Waals surface area contributed by atoms with E-state index in [-0.39, 0.29) is 17.5 Å². The standard InChI is InChI=1S/C19H26N2O2S/c1-13-6-9-16(10-7-13)24(22,23)21-15(3)20-19(4,5)17-12-14(2)8-11-18(17)21/h6-11,14,17-18H,12H2,1-5H3/t14-,17-,18+/m1/s1. The second-order valence-corrected chi connectivity index (χ2v) is 9.44. The first-order chi connectivity index (χ1) is 11.1. The average molecular weight is 346 g/mol. The quantitative estimate of drug-likeness (QED) is 0.765. The van der Waals surface area contributed by atoms with Crippen molar-refractivity contribution in [3.05, 3.63) is 42.0 Å². The van der Waals surface area contributed by atoms with E-state index in [2.05, 4.69) is 32.9 Å². The van der Waals surface area contributed by atoms with Gasteiger partial charge in [-0.25, -0.2) is 12.7 Å². The van der Waals surface area contributed by atoms with E-state index in [0.29, 0.717) is 16.6 Å². The van der Waals surface area contributed by atoms with Gasteiger partial charge >= 0.3 is 0 Å². The van der Waals surface area contributed by atoms with Crippen LogP contribution >= 0.6 is 0 Å². The van der Waals surface area contributed by atoms with Crippen LogP contribution in [0.25, 0.3) is 0 Å². The highest BCUT2D eigenvalue weighted by molar-refractivity contribution is 7.89. The Morgan fingerprint density at radius 2 is 1.75 bits per heavy atom. The summed E-state index contributed by atoms with van der Waals surface area (Å²) in [7, 11) is -3.61. The van der Waals surface area contributed by atoms with E-state index in [9.17, 15) is 8.42 Å². The normalized spacial score (nSPS) is 29.1. The number of fused-ring (bicyclic) bond motifs is 1. The number of amidine groups is 1. The first-order valence-electron chi connectivity index (χ1n) is 8.49. The maximum Gasteiger partial charge on any atom is 0.265 e. The Balaban J connectivity index is 2.11. The van der Waals surface area contributed by atoms with Crippen molar-refractivity contribution in [2.75, 3.05) is 0 Å². The molecule has 0 unspecified atom stereocenters. The number of nitrogens with zero attached hydrogens (tertiary/aromatic N) is 2. The highest BCUT2D eigenvalue weighted by Crippen LogP contribution is 2.42. The molecule has 1 aromatic rings. The summed E-state index contributed by atoms with van der Waals surface area (Å²) in [5.74, 6) is 1.20. The molecule has 0 radical (unpaired) electrons. The van der Waals surface area contributed by atoms with Crippen LogP contribution in [0, 0.1) is 18.8 Å². The van der Waals surface area contributed by atoms with E-state index in [4.69, 9.17) is 4.99 Å². The summed E-state index contributed by atoms with van der Waals surface area (Å²) in [5.41, 5.74) is 0.788. The Hall–Kier alpha value is -1.62. The van der Waals surface area contributed by atoms with Crippen LogP contribution in [0.2, 0.25) is 0 Å². The van der Waals surface area contributed by atoms with Crippen LogP contribution in [0.1, 0.15) is 39.7 Å². The van der Waals surface area contributed by atoms with Crippen molar-refractivity contribution < 1.29 is 8.42 Å². The van der Waals surface area contributed by atoms with Crippen molar-refractivity contribution >= 4 is 15.9 Å². The van der Waals surface area contributed by atoms with Gasteiger partial charge < -0.3 is 0 Å². The fourth-order valence-electron chi connectivity index (χ4n) is 3.93. The van der Waals surface area contributed by atoms with E-state index < -0.39 is 10.0 Å². The number of benzene rings is 1. The Morgan fingerprint density at radius 1 is 1.12 bits per heavy atom. The van der Waals surface area contributed by atoms with Gasteiger partial charge in [0, 0.05) is 5.92 Å². The van der Waals surface area contributed by atoms with E-state index in [1.807, 2.05) is 19.1 Å². The Bertz CT molecular complexity index is 791. The maximum absolute atomic E-state index is 13.3. The number of rotatable bonds is 2. The van der Waals surface area contributed by atoms with Crippen molar-refractivity contribution in [3.8, 4) is 0 Å². The zero-order valence-electron chi connectivity index (χ0n) is 15.0. The molecule has 0 spiro atoms. The molecule has 4 nitrogen and oxygen atoms in total. The minimum Gasteiger partial charge on any atom is -0.265 e. The van der Waals surface area contributed by atoms with Gasteiger partial charge in [0.25, 0.3) is 10.0 Å². The molecule has 1 heterocycles. The van der Waals surface area contributed by atoms with Crippen molar-refractivity contribution in [3.63, 3.8) is 0 Å². The first kappa shape index (κ1) is 17.2. The lowest BCUT2D eigenvalue weighted by Gasteiger charge is -2.48. The number of hydrogen-bond acceptors (Lipinski definition) is 3. The predicted octanol–water partition coefficient (Wildman–Crippen LogP) is 3.78. The molecule has 0 fully saturated rings. The largest absolute Gasteiger partial charge is 0.265 e. The van der Waals surface area contributed by atoms with Crippen molar-refractivity contribution in [1.29, 1.82) is 0 Å². The second-order valence-electron chi connectivity index (χ2n) is 7.62. The lowest BCUT2D eigenvalue weighted by Crippen LogP contribution is -2.57. The molecule has 130 valence electrons. The second kappa shape index (κ2) is 5.73. The van der Waals surface area contributed by atoms with Gasteiger partial charge in [0.15, 0.2) is 0 Å². The lowest BCUT2D eigenvalue weighted by molar-refractivity contribution is 0.183. The summed E-state index contributed by atoms with van der Waals surface area (Å²) in [6, 6.07) is 6.87. The van der Waals surface area contributed by atoms with Crippen LogP contribution in [0.3, 0.4) is 0 Å². The smallest absolute Gasteiger partial charge is 0.265 e. The fraction of sp³-hybridized carbons (Fsp3) is 0.526. The monoisotopic (exact) mass is 346 g/mol. The predicted molar refractivity (Wildman–Crippen MR) is 97.6 cm³/mol. The topological polar surface area (TPSA) is 49.7 Å². The van der Waals surface area contributed by atoms with Crippen LogP contribution in [-0.4, -0.2) is 30.1 Å². The summed E-state index contributed by atoms with van der Waals surface area (Å²) in [6.45, 7) is 10.1. The molecule has 0 N–H and O–H groups in total. The van der Waals surface area contributed by atoms with Gasteiger partial charge in [0.2, 0.25) is 0 Å². The van der Waals surface area contributed by atoms with Gasteiger partial charge in [-0.05, 0) is 52.2 Å². The van der Waals surface area contributed by atoms with Gasteiger partial charge in [-0.3, -0.25) is 4.99 Å².